The third-order valence-electron chi connectivity index (χ3n) is 2.22. The van der Waals surface area contributed by atoms with Crippen LogP contribution >= 0.6 is 11.8 Å². The molecule has 1 aromatic rings. The van der Waals surface area contributed by atoms with Crippen LogP contribution in [0.5, 0.6) is 0 Å². The molecule has 7 heteroatoms. The van der Waals surface area contributed by atoms with Crippen molar-refractivity contribution in [2.75, 3.05) is 11.1 Å². The molecule has 1 aliphatic rings. The standard InChI is InChI=1S/C10H8N2O4S/c13-10(14)9(12(15)16)7-5-17-8-4-2-1-3-6(8)11-7/h1-4,11H,5H2,(H,13,14)/b9-7-. The minimum atomic E-state index is -1.53. The van der Waals surface area contributed by atoms with Crippen molar-refractivity contribution in [3.05, 3.63) is 45.8 Å². The lowest BCUT2D eigenvalue weighted by molar-refractivity contribution is -0.422. The lowest BCUT2D eigenvalue weighted by Crippen LogP contribution is -2.20. The molecule has 0 amide bonds. The number of aliphatic carboxylic acids is 1. The molecule has 0 aromatic heterocycles. The van der Waals surface area contributed by atoms with E-state index in [1.54, 1.807) is 12.1 Å². The van der Waals surface area contributed by atoms with E-state index in [-0.39, 0.29) is 11.4 Å². The molecule has 0 saturated heterocycles. The van der Waals surface area contributed by atoms with Gasteiger partial charge in [-0.05, 0) is 12.1 Å². The van der Waals surface area contributed by atoms with Crippen LogP contribution in [-0.4, -0.2) is 21.8 Å². The van der Waals surface area contributed by atoms with Gasteiger partial charge in [0.25, 0.3) is 0 Å². The van der Waals surface area contributed by atoms with Crippen LogP contribution in [0.15, 0.2) is 40.6 Å². The first-order valence-corrected chi connectivity index (χ1v) is 5.68. The summed E-state index contributed by atoms with van der Waals surface area (Å²) >= 11 is 1.37. The first kappa shape index (κ1) is 11.5. The fourth-order valence-corrected chi connectivity index (χ4v) is 2.45. The summed E-state index contributed by atoms with van der Waals surface area (Å²) in [6, 6.07) is 7.26. The van der Waals surface area contributed by atoms with E-state index in [4.69, 9.17) is 5.11 Å². The predicted molar refractivity (Wildman–Crippen MR) is 62.4 cm³/mol. The van der Waals surface area contributed by atoms with Crippen molar-refractivity contribution in [1.29, 1.82) is 0 Å². The van der Waals surface area contributed by atoms with E-state index in [0.717, 1.165) is 4.90 Å². The van der Waals surface area contributed by atoms with Gasteiger partial charge in [-0.25, -0.2) is 4.79 Å². The Kier molecular flexibility index (Phi) is 3.01. The summed E-state index contributed by atoms with van der Waals surface area (Å²) in [5, 5.41) is 22.3. The molecule has 88 valence electrons. The van der Waals surface area contributed by atoms with Crippen LogP contribution in [-0.2, 0) is 4.79 Å². The van der Waals surface area contributed by atoms with Crippen molar-refractivity contribution in [2.24, 2.45) is 0 Å². The summed E-state index contributed by atoms with van der Waals surface area (Å²) in [4.78, 5) is 21.5. The number of nitrogens with one attached hydrogen (secondary N) is 1. The average molecular weight is 252 g/mol. The maximum absolute atomic E-state index is 10.8. The Morgan fingerprint density at radius 3 is 2.82 bits per heavy atom. The molecule has 1 aromatic carbocycles. The molecule has 2 N–H and O–H groups in total. The topological polar surface area (TPSA) is 92.5 Å². The fourth-order valence-electron chi connectivity index (χ4n) is 1.49. The quantitative estimate of drug-likeness (QED) is 0.473. The second-order valence-electron chi connectivity index (χ2n) is 3.30. The molecule has 0 radical (unpaired) electrons. The molecule has 0 fully saturated rings. The zero-order chi connectivity index (χ0) is 12.4. The van der Waals surface area contributed by atoms with Crippen molar-refractivity contribution < 1.29 is 14.8 Å². The van der Waals surface area contributed by atoms with E-state index < -0.39 is 16.6 Å². The van der Waals surface area contributed by atoms with Crippen molar-refractivity contribution >= 4 is 23.4 Å². The van der Waals surface area contributed by atoms with E-state index >= 15 is 0 Å². The zero-order valence-corrected chi connectivity index (χ0v) is 9.36. The van der Waals surface area contributed by atoms with Gasteiger partial charge >= 0.3 is 11.7 Å². The highest BCUT2D eigenvalue weighted by Gasteiger charge is 2.29. The van der Waals surface area contributed by atoms with Gasteiger partial charge in [-0.15, -0.1) is 11.8 Å². The van der Waals surface area contributed by atoms with Gasteiger partial charge in [0.05, 0.1) is 10.6 Å². The van der Waals surface area contributed by atoms with Crippen molar-refractivity contribution in [2.45, 2.75) is 4.90 Å². The first-order chi connectivity index (χ1) is 8.09. The van der Waals surface area contributed by atoms with Crippen LogP contribution in [0.25, 0.3) is 0 Å². The zero-order valence-electron chi connectivity index (χ0n) is 8.54. The summed E-state index contributed by atoms with van der Waals surface area (Å²) in [5.41, 5.74) is 0.0116. The number of carboxylic acid groups (broad SMARTS) is 1. The molecule has 0 saturated carbocycles. The number of thioether (sulfide) groups is 1. The number of fused-ring (bicyclic) bond motifs is 1. The van der Waals surface area contributed by atoms with Crippen LogP contribution in [0.1, 0.15) is 0 Å². The number of carboxylic acids is 1. The molecule has 6 nitrogen and oxygen atoms in total. The smallest absolute Gasteiger partial charge is 0.409 e. The van der Waals surface area contributed by atoms with Gasteiger partial charge in [0, 0.05) is 10.6 Å². The Morgan fingerprint density at radius 2 is 2.18 bits per heavy atom. The van der Waals surface area contributed by atoms with E-state index in [1.165, 1.54) is 11.8 Å². The fraction of sp³-hybridized carbons (Fsp3) is 0.100. The third-order valence-corrected chi connectivity index (χ3v) is 3.32. The maximum Gasteiger partial charge on any atom is 0.409 e. The highest BCUT2D eigenvalue weighted by Crippen LogP contribution is 2.34. The number of hydrogen-bond acceptors (Lipinski definition) is 5. The first-order valence-electron chi connectivity index (χ1n) is 4.69. The van der Waals surface area contributed by atoms with Crippen LogP contribution < -0.4 is 5.32 Å². The second kappa shape index (κ2) is 4.46. The molecule has 0 bridgehead atoms. The molecule has 0 aliphatic carbocycles. The van der Waals surface area contributed by atoms with Crippen molar-refractivity contribution in [1.82, 2.24) is 0 Å². The van der Waals surface area contributed by atoms with Crippen LogP contribution in [0.4, 0.5) is 5.69 Å². The number of anilines is 1. The molecule has 0 unspecified atom stereocenters. The Balaban J connectivity index is 2.42. The highest BCUT2D eigenvalue weighted by atomic mass is 32.2. The molecule has 1 aliphatic heterocycles. The maximum atomic E-state index is 10.8. The molecule has 1 heterocycles. The number of nitro groups is 1. The van der Waals surface area contributed by atoms with Crippen LogP contribution in [0, 0.1) is 10.1 Å². The summed E-state index contributed by atoms with van der Waals surface area (Å²) < 4.78 is 0. The van der Waals surface area contributed by atoms with Crippen molar-refractivity contribution in [3.63, 3.8) is 0 Å². The number of carbonyl (C=O) groups is 1. The van der Waals surface area contributed by atoms with Crippen molar-refractivity contribution in [3.8, 4) is 0 Å². The van der Waals surface area contributed by atoms with Gasteiger partial charge in [0.15, 0.2) is 0 Å². The molecule has 17 heavy (non-hydrogen) atoms. The Hall–Kier alpha value is -2.02. The summed E-state index contributed by atoms with van der Waals surface area (Å²) in [5.74, 6) is -1.28. The number of para-hydroxylation sites is 1. The minimum absolute atomic E-state index is 0.117. The third kappa shape index (κ3) is 2.23. The average Bonchev–Trinajstić information content (AvgIpc) is 2.28. The second-order valence-corrected chi connectivity index (χ2v) is 4.32. The largest absolute Gasteiger partial charge is 0.473 e. The molecular formula is C10H8N2O4S. The van der Waals surface area contributed by atoms with Gasteiger partial charge in [-0.3, -0.25) is 10.1 Å². The van der Waals surface area contributed by atoms with Gasteiger partial charge < -0.3 is 10.4 Å². The Bertz CT molecular complexity index is 511. The highest BCUT2D eigenvalue weighted by molar-refractivity contribution is 7.99. The number of hydrogen-bond donors (Lipinski definition) is 2. The van der Waals surface area contributed by atoms with Gasteiger partial charge in [0.1, 0.15) is 5.70 Å². The van der Waals surface area contributed by atoms with E-state index in [2.05, 4.69) is 5.32 Å². The number of rotatable bonds is 2. The lowest BCUT2D eigenvalue weighted by Gasteiger charge is -2.19. The Labute approximate surface area is 100 Å². The van der Waals surface area contributed by atoms with Gasteiger partial charge in [0.2, 0.25) is 0 Å². The van der Waals surface area contributed by atoms with Gasteiger partial charge in [-0.1, -0.05) is 12.1 Å². The normalized spacial score (nSPS) is 16.7. The van der Waals surface area contributed by atoms with E-state index in [1.807, 2.05) is 12.1 Å². The lowest BCUT2D eigenvalue weighted by atomic mass is 10.2. The monoisotopic (exact) mass is 252 g/mol. The minimum Gasteiger partial charge on any atom is -0.473 e. The van der Waals surface area contributed by atoms with Gasteiger partial charge in [-0.2, -0.15) is 0 Å². The predicted octanol–water partition coefficient (Wildman–Crippen LogP) is 1.78. The molecule has 0 spiro atoms. The summed E-state index contributed by atoms with van der Waals surface area (Å²) in [6.45, 7) is 0. The number of benzene rings is 1. The van der Waals surface area contributed by atoms with Crippen LogP contribution in [0.2, 0.25) is 0 Å². The summed E-state index contributed by atoms with van der Waals surface area (Å²) in [7, 11) is 0. The SMILES string of the molecule is O=C(O)/C(=C1\CSc2ccccc2N1)[N+](=O)[O-]. The summed E-state index contributed by atoms with van der Waals surface area (Å²) in [6.07, 6.45) is 0. The Morgan fingerprint density at radius 1 is 1.47 bits per heavy atom. The number of nitrogens with zero attached hydrogens (tertiary/aromatic N) is 1. The molecule has 0 atom stereocenters. The van der Waals surface area contributed by atoms with E-state index in [0.29, 0.717) is 5.69 Å². The molecular weight excluding hydrogens is 244 g/mol. The van der Waals surface area contributed by atoms with E-state index in [9.17, 15) is 14.9 Å². The molecule has 2 rings (SSSR count). The van der Waals surface area contributed by atoms with Crippen LogP contribution in [0.3, 0.4) is 0 Å².